The molecule has 100 valence electrons. The summed E-state index contributed by atoms with van der Waals surface area (Å²) in [4.78, 5) is 16.7. The van der Waals surface area contributed by atoms with Crippen LogP contribution >= 0.6 is 0 Å². The molecule has 0 bridgehead atoms. The Kier molecular flexibility index (Phi) is 2.52. The van der Waals surface area contributed by atoms with Crippen LogP contribution in [0.4, 0.5) is 5.69 Å². The van der Waals surface area contributed by atoms with Crippen molar-refractivity contribution < 1.29 is 4.79 Å². The molecule has 2 aliphatic rings. The Labute approximate surface area is 118 Å². The maximum atomic E-state index is 12.5. The highest BCUT2D eigenvalue weighted by molar-refractivity contribution is 5.92. The second-order valence-electron chi connectivity index (χ2n) is 5.48. The van der Waals surface area contributed by atoms with E-state index in [1.54, 1.807) is 0 Å². The highest BCUT2D eigenvalue weighted by Gasteiger charge is 2.45. The van der Waals surface area contributed by atoms with Gasteiger partial charge in [0.1, 0.15) is 6.04 Å². The van der Waals surface area contributed by atoms with Crippen molar-refractivity contribution in [2.24, 2.45) is 0 Å². The number of anilines is 1. The molecule has 20 heavy (non-hydrogen) atoms. The van der Waals surface area contributed by atoms with Crippen LogP contribution in [-0.4, -0.2) is 23.4 Å². The molecule has 2 aromatic rings. The number of para-hydroxylation sites is 1. The quantitative estimate of drug-likeness (QED) is 0.778. The summed E-state index contributed by atoms with van der Waals surface area (Å²) < 4.78 is 0. The van der Waals surface area contributed by atoms with E-state index in [1.807, 2.05) is 35.2 Å². The number of fused-ring (bicyclic) bond motifs is 3. The third kappa shape index (κ3) is 1.86. The van der Waals surface area contributed by atoms with Gasteiger partial charge in [-0.15, -0.1) is 0 Å². The zero-order valence-corrected chi connectivity index (χ0v) is 11.2. The van der Waals surface area contributed by atoms with Crippen molar-refractivity contribution in [1.29, 1.82) is 0 Å². The van der Waals surface area contributed by atoms with Crippen LogP contribution in [0.25, 0.3) is 0 Å². The number of nitrogens with zero attached hydrogens (tertiary/aromatic N) is 2. The monoisotopic (exact) mass is 264 g/mol. The molecule has 1 atom stereocenters. The van der Waals surface area contributed by atoms with E-state index in [-0.39, 0.29) is 11.9 Å². The Bertz CT molecular complexity index is 653. The average molecular weight is 264 g/mol. The van der Waals surface area contributed by atoms with Gasteiger partial charge >= 0.3 is 0 Å². The standard InChI is InChI=1S/C17H16N2O/c20-17-16-12-19(16)15-9-5-4-8-14(15)11-18(17)10-13-6-2-1-3-7-13/h1-9,16H,10-12H2. The summed E-state index contributed by atoms with van der Waals surface area (Å²) in [5.41, 5.74) is 3.66. The van der Waals surface area contributed by atoms with Gasteiger partial charge in [0.05, 0.1) is 0 Å². The van der Waals surface area contributed by atoms with Gasteiger partial charge in [-0.2, -0.15) is 0 Å². The first kappa shape index (κ1) is 11.5. The molecule has 1 fully saturated rings. The van der Waals surface area contributed by atoms with Gasteiger partial charge in [-0.05, 0) is 17.2 Å². The third-order valence-electron chi connectivity index (χ3n) is 4.09. The molecule has 0 N–H and O–H groups in total. The Morgan fingerprint density at radius 3 is 2.60 bits per heavy atom. The zero-order valence-electron chi connectivity index (χ0n) is 11.2. The van der Waals surface area contributed by atoms with Gasteiger partial charge in [-0.1, -0.05) is 48.5 Å². The molecule has 1 saturated heterocycles. The minimum atomic E-state index is 0.0577. The summed E-state index contributed by atoms with van der Waals surface area (Å²) in [6.45, 7) is 2.26. The Morgan fingerprint density at radius 2 is 1.75 bits per heavy atom. The lowest BCUT2D eigenvalue weighted by atomic mass is 10.1. The molecule has 1 unspecified atom stereocenters. The predicted octanol–water partition coefficient (Wildman–Crippen LogP) is 2.42. The molecular weight excluding hydrogens is 248 g/mol. The largest absolute Gasteiger partial charge is 0.355 e. The fourth-order valence-electron chi connectivity index (χ4n) is 2.97. The number of hydrogen-bond donors (Lipinski definition) is 0. The maximum absolute atomic E-state index is 12.5. The number of carbonyl (C=O) groups excluding carboxylic acids is 1. The first-order chi connectivity index (χ1) is 9.83. The van der Waals surface area contributed by atoms with E-state index in [0.29, 0.717) is 13.1 Å². The SMILES string of the molecule is O=C1C2CN2c2ccccc2CN1Cc1ccccc1. The molecule has 1 amide bonds. The van der Waals surface area contributed by atoms with E-state index >= 15 is 0 Å². The maximum Gasteiger partial charge on any atom is 0.247 e. The summed E-state index contributed by atoms with van der Waals surface area (Å²) in [5.74, 6) is 0.255. The van der Waals surface area contributed by atoms with Crippen molar-refractivity contribution in [1.82, 2.24) is 4.90 Å². The first-order valence-electron chi connectivity index (χ1n) is 7.00. The fraction of sp³-hybridized carbons (Fsp3) is 0.235. The van der Waals surface area contributed by atoms with Gasteiger partial charge in [0.15, 0.2) is 0 Å². The average Bonchev–Trinajstić information content (AvgIpc) is 3.28. The highest BCUT2D eigenvalue weighted by Crippen LogP contribution is 2.36. The van der Waals surface area contributed by atoms with Crippen LogP contribution < -0.4 is 4.90 Å². The normalized spacial score (nSPS) is 20.2. The minimum absolute atomic E-state index is 0.0577. The lowest BCUT2D eigenvalue weighted by molar-refractivity contribution is -0.131. The van der Waals surface area contributed by atoms with Crippen molar-refractivity contribution in [2.45, 2.75) is 19.1 Å². The second-order valence-corrected chi connectivity index (χ2v) is 5.48. The van der Waals surface area contributed by atoms with Crippen LogP contribution in [0.1, 0.15) is 11.1 Å². The van der Waals surface area contributed by atoms with E-state index in [2.05, 4.69) is 29.2 Å². The van der Waals surface area contributed by atoms with Crippen LogP contribution in [0.5, 0.6) is 0 Å². The molecular formula is C17H16N2O. The summed E-state index contributed by atoms with van der Waals surface area (Å²) >= 11 is 0. The van der Waals surface area contributed by atoms with Crippen molar-refractivity contribution in [2.75, 3.05) is 11.4 Å². The molecule has 3 nitrogen and oxygen atoms in total. The summed E-state index contributed by atoms with van der Waals surface area (Å²) in [6.07, 6.45) is 0. The molecule has 0 spiro atoms. The summed E-state index contributed by atoms with van der Waals surface area (Å²) in [5, 5.41) is 0. The van der Waals surface area contributed by atoms with Gasteiger partial charge in [0.2, 0.25) is 5.91 Å². The number of hydrogen-bond acceptors (Lipinski definition) is 2. The van der Waals surface area contributed by atoms with E-state index in [4.69, 9.17) is 0 Å². The number of rotatable bonds is 2. The predicted molar refractivity (Wildman–Crippen MR) is 78.3 cm³/mol. The highest BCUT2D eigenvalue weighted by atomic mass is 16.2. The Morgan fingerprint density at radius 1 is 1.00 bits per heavy atom. The molecule has 2 aliphatic heterocycles. The van der Waals surface area contributed by atoms with E-state index in [9.17, 15) is 4.79 Å². The molecule has 0 radical (unpaired) electrons. The van der Waals surface area contributed by atoms with E-state index < -0.39 is 0 Å². The number of carbonyl (C=O) groups is 1. The minimum Gasteiger partial charge on any atom is -0.355 e. The van der Waals surface area contributed by atoms with Crippen molar-refractivity contribution in [3.8, 4) is 0 Å². The molecule has 0 saturated carbocycles. The van der Waals surface area contributed by atoms with Gasteiger partial charge in [0, 0.05) is 25.3 Å². The van der Waals surface area contributed by atoms with Gasteiger partial charge in [-0.25, -0.2) is 0 Å². The van der Waals surface area contributed by atoms with Gasteiger partial charge in [0.25, 0.3) is 0 Å². The lowest BCUT2D eigenvalue weighted by Crippen LogP contribution is -2.33. The smallest absolute Gasteiger partial charge is 0.247 e. The molecule has 2 aromatic carbocycles. The molecule has 2 heterocycles. The van der Waals surface area contributed by atoms with E-state index in [1.165, 1.54) is 16.8 Å². The lowest BCUT2D eigenvalue weighted by Gasteiger charge is -2.21. The van der Waals surface area contributed by atoms with Crippen molar-refractivity contribution in [3.05, 3.63) is 65.7 Å². The molecule has 0 aliphatic carbocycles. The van der Waals surface area contributed by atoms with Crippen LogP contribution in [0.2, 0.25) is 0 Å². The first-order valence-corrected chi connectivity index (χ1v) is 7.00. The summed E-state index contributed by atoms with van der Waals surface area (Å²) in [7, 11) is 0. The topological polar surface area (TPSA) is 23.3 Å². The molecule has 0 aromatic heterocycles. The Hall–Kier alpha value is -2.29. The van der Waals surface area contributed by atoms with E-state index in [0.717, 1.165) is 6.54 Å². The van der Waals surface area contributed by atoms with Crippen LogP contribution in [0.15, 0.2) is 54.6 Å². The van der Waals surface area contributed by atoms with Crippen molar-refractivity contribution >= 4 is 11.6 Å². The third-order valence-corrected chi connectivity index (χ3v) is 4.09. The van der Waals surface area contributed by atoms with Crippen LogP contribution in [-0.2, 0) is 17.9 Å². The van der Waals surface area contributed by atoms with Crippen LogP contribution in [0, 0.1) is 0 Å². The summed E-state index contributed by atoms with van der Waals surface area (Å²) in [6, 6.07) is 18.6. The Balaban J connectivity index is 1.66. The second kappa shape index (κ2) is 4.37. The zero-order chi connectivity index (χ0) is 13.5. The number of amides is 1. The van der Waals surface area contributed by atoms with Gasteiger partial charge < -0.3 is 9.80 Å². The van der Waals surface area contributed by atoms with Crippen LogP contribution in [0.3, 0.4) is 0 Å². The molecule has 3 heteroatoms. The van der Waals surface area contributed by atoms with Gasteiger partial charge in [-0.3, -0.25) is 4.79 Å². The molecule has 4 rings (SSSR count). The fourth-order valence-corrected chi connectivity index (χ4v) is 2.97. The number of benzene rings is 2. The van der Waals surface area contributed by atoms with Crippen molar-refractivity contribution in [3.63, 3.8) is 0 Å².